The predicted octanol–water partition coefficient (Wildman–Crippen LogP) is 4.93. The van der Waals surface area contributed by atoms with Gasteiger partial charge in [0.1, 0.15) is 13.8 Å². The molecule has 122 valence electrons. The van der Waals surface area contributed by atoms with Gasteiger partial charge in [0.25, 0.3) is 0 Å². The highest BCUT2D eigenvalue weighted by Gasteiger charge is 2.07. The Bertz CT molecular complexity index is 802. The van der Waals surface area contributed by atoms with E-state index in [1.54, 1.807) is 7.11 Å². The van der Waals surface area contributed by atoms with Crippen LogP contribution in [0.1, 0.15) is 11.1 Å². The van der Waals surface area contributed by atoms with Crippen LogP contribution in [0, 0.1) is 11.5 Å². The Hall–Kier alpha value is -2.60. The quantitative estimate of drug-likeness (QED) is 0.443. The van der Waals surface area contributed by atoms with E-state index >= 15 is 0 Å². The lowest BCUT2D eigenvalue weighted by Crippen LogP contribution is -2.16. The zero-order valence-corrected chi connectivity index (χ0v) is 15.6. The van der Waals surface area contributed by atoms with Crippen molar-refractivity contribution in [3.8, 4) is 17.2 Å². The minimum absolute atomic E-state index is 0.538. The van der Waals surface area contributed by atoms with Crippen molar-refractivity contribution in [2.24, 2.45) is 9.98 Å². The van der Waals surface area contributed by atoms with Gasteiger partial charge in [0.15, 0.2) is 0 Å². The van der Waals surface area contributed by atoms with Crippen molar-refractivity contribution < 1.29 is 4.74 Å². The predicted molar refractivity (Wildman–Crippen MR) is 103 cm³/mol. The second kappa shape index (κ2) is 8.31. The summed E-state index contributed by atoms with van der Waals surface area (Å²) in [5.74, 6) is 4.09. The van der Waals surface area contributed by atoms with E-state index in [-0.39, 0.29) is 0 Å². The van der Waals surface area contributed by atoms with Gasteiger partial charge >= 0.3 is 0 Å². The first-order chi connectivity index (χ1) is 11.5. The highest BCUT2D eigenvalue weighted by atomic mass is 28.3. The third-order valence-electron chi connectivity index (χ3n) is 3.14. The first-order valence-corrected chi connectivity index (χ1v) is 11.4. The molecule has 0 aliphatic rings. The molecule has 0 N–H and O–H groups in total. The Morgan fingerprint density at radius 1 is 1.00 bits per heavy atom. The molecule has 0 heterocycles. The number of benzene rings is 2. The molecule has 0 aliphatic heterocycles. The number of aliphatic imine (C=N–C) groups is 2. The molecule has 3 nitrogen and oxygen atoms in total. The van der Waals surface area contributed by atoms with Crippen molar-refractivity contribution in [2.45, 2.75) is 26.2 Å². The maximum absolute atomic E-state index is 5.14. The van der Waals surface area contributed by atoms with Gasteiger partial charge < -0.3 is 4.74 Å². The molecule has 0 unspecified atom stereocenters. The van der Waals surface area contributed by atoms with Crippen LogP contribution in [0.5, 0.6) is 5.75 Å². The summed E-state index contributed by atoms with van der Waals surface area (Å²) < 4.78 is 5.14. The van der Waals surface area contributed by atoms with Crippen LogP contribution in [0.15, 0.2) is 58.5 Å². The van der Waals surface area contributed by atoms with Gasteiger partial charge in [0.2, 0.25) is 0 Å². The minimum Gasteiger partial charge on any atom is -0.497 e. The van der Waals surface area contributed by atoms with Gasteiger partial charge in [-0.1, -0.05) is 49.8 Å². The van der Waals surface area contributed by atoms with Crippen LogP contribution in [-0.4, -0.2) is 21.2 Å². The average Bonchev–Trinajstić information content (AvgIpc) is 2.57. The minimum atomic E-state index is -1.41. The van der Waals surface area contributed by atoms with Crippen molar-refractivity contribution >= 4 is 19.8 Å². The number of nitrogens with zero attached hydrogens (tertiary/aromatic N) is 2. The van der Waals surface area contributed by atoms with Gasteiger partial charge in [-0.3, -0.25) is 0 Å². The maximum atomic E-state index is 5.14. The van der Waals surface area contributed by atoms with Gasteiger partial charge in [-0.2, -0.15) is 4.99 Å². The Labute approximate surface area is 145 Å². The van der Waals surface area contributed by atoms with Crippen LogP contribution < -0.4 is 4.74 Å². The largest absolute Gasteiger partial charge is 0.497 e. The van der Waals surface area contributed by atoms with E-state index in [1.165, 1.54) is 0 Å². The normalized spacial score (nSPS) is 10.2. The fourth-order valence-electron chi connectivity index (χ4n) is 1.88. The summed E-state index contributed by atoms with van der Waals surface area (Å²) in [6.07, 6.45) is 0. The molecular formula is C20H22N2OSi. The molecule has 0 aromatic heterocycles. The molecule has 0 saturated carbocycles. The van der Waals surface area contributed by atoms with Crippen LogP contribution in [0.3, 0.4) is 0 Å². The number of rotatable bonds is 4. The second-order valence-electron chi connectivity index (χ2n) is 6.39. The molecule has 4 heteroatoms. The SMILES string of the molecule is COc1ccc(CN=C=Nc2ccccc2C#C[Si](C)(C)C)cc1. The van der Waals surface area contributed by atoms with E-state index in [9.17, 15) is 0 Å². The van der Waals surface area contributed by atoms with Crippen LogP contribution >= 0.6 is 0 Å². The average molecular weight is 334 g/mol. The molecule has 0 fully saturated rings. The van der Waals surface area contributed by atoms with E-state index in [2.05, 4.69) is 47.1 Å². The Balaban J connectivity index is 2.11. The topological polar surface area (TPSA) is 34.0 Å². The van der Waals surface area contributed by atoms with Crippen LogP contribution in [-0.2, 0) is 6.54 Å². The van der Waals surface area contributed by atoms with Crippen LogP contribution in [0.2, 0.25) is 19.6 Å². The van der Waals surface area contributed by atoms with Crippen LogP contribution in [0.25, 0.3) is 0 Å². The van der Waals surface area contributed by atoms with E-state index < -0.39 is 8.07 Å². The van der Waals surface area contributed by atoms with Gasteiger partial charge in [-0.05, 0) is 29.8 Å². The number of para-hydroxylation sites is 1. The lowest BCUT2D eigenvalue weighted by atomic mass is 10.2. The molecule has 0 bridgehead atoms. The standard InChI is InChI=1S/C20H22N2OSi/c1-23-19-11-9-17(10-12-19)15-21-16-22-20-8-6-5-7-18(20)13-14-24(2,3)4/h5-12H,15H2,1-4H3. The summed E-state index contributed by atoms with van der Waals surface area (Å²) in [6.45, 7) is 7.21. The highest BCUT2D eigenvalue weighted by molar-refractivity contribution is 6.83. The summed E-state index contributed by atoms with van der Waals surface area (Å²) in [4.78, 5) is 8.57. The fourth-order valence-corrected chi connectivity index (χ4v) is 2.39. The Morgan fingerprint density at radius 2 is 1.71 bits per heavy atom. The lowest BCUT2D eigenvalue weighted by Gasteiger charge is -2.03. The third kappa shape index (κ3) is 5.89. The van der Waals surface area contributed by atoms with Crippen molar-refractivity contribution in [2.75, 3.05) is 7.11 Å². The molecular weight excluding hydrogens is 312 g/mol. The smallest absolute Gasteiger partial charge is 0.129 e. The molecule has 0 spiro atoms. The zero-order chi connectivity index (χ0) is 17.4. The molecule has 0 radical (unpaired) electrons. The molecule has 2 aromatic rings. The summed E-state index contributed by atoms with van der Waals surface area (Å²) >= 11 is 0. The number of methoxy groups -OCH3 is 1. The molecule has 0 aliphatic carbocycles. The van der Waals surface area contributed by atoms with Crippen molar-refractivity contribution in [3.05, 3.63) is 59.7 Å². The fraction of sp³-hybridized carbons (Fsp3) is 0.250. The van der Waals surface area contributed by atoms with Crippen molar-refractivity contribution in [3.63, 3.8) is 0 Å². The van der Waals surface area contributed by atoms with E-state index in [0.29, 0.717) is 6.54 Å². The lowest BCUT2D eigenvalue weighted by molar-refractivity contribution is 0.414. The van der Waals surface area contributed by atoms with Crippen LogP contribution in [0.4, 0.5) is 5.69 Å². The Kier molecular flexibility index (Phi) is 6.14. The molecule has 0 saturated heterocycles. The summed E-state index contributed by atoms with van der Waals surface area (Å²) in [5.41, 5.74) is 6.18. The third-order valence-corrected chi connectivity index (χ3v) is 4.01. The van der Waals surface area contributed by atoms with Gasteiger partial charge in [0, 0.05) is 0 Å². The Morgan fingerprint density at radius 3 is 2.38 bits per heavy atom. The van der Waals surface area contributed by atoms with Crippen molar-refractivity contribution in [1.29, 1.82) is 0 Å². The zero-order valence-electron chi connectivity index (χ0n) is 14.6. The van der Waals surface area contributed by atoms with Crippen molar-refractivity contribution in [1.82, 2.24) is 0 Å². The molecule has 2 aromatic carbocycles. The van der Waals surface area contributed by atoms with Gasteiger partial charge in [0.05, 0.1) is 30.9 Å². The molecule has 2 rings (SSSR count). The molecule has 0 atom stereocenters. The monoisotopic (exact) mass is 334 g/mol. The van der Waals surface area contributed by atoms with Gasteiger partial charge in [-0.15, -0.1) is 5.54 Å². The number of hydrogen-bond donors (Lipinski definition) is 0. The maximum Gasteiger partial charge on any atom is 0.129 e. The summed E-state index contributed by atoms with van der Waals surface area (Å²) in [6, 6.07) is 18.4. The van der Waals surface area contributed by atoms with E-state index in [0.717, 1.165) is 22.6 Å². The highest BCUT2D eigenvalue weighted by Crippen LogP contribution is 2.17. The van der Waals surface area contributed by atoms with E-state index in [1.807, 2.05) is 48.5 Å². The number of hydrogen-bond acceptors (Lipinski definition) is 3. The first kappa shape index (κ1) is 17.7. The molecule has 24 heavy (non-hydrogen) atoms. The second-order valence-corrected chi connectivity index (χ2v) is 11.1. The number of ether oxygens (including phenoxy) is 1. The summed E-state index contributed by atoms with van der Waals surface area (Å²) in [5, 5.41) is 0. The van der Waals surface area contributed by atoms with Gasteiger partial charge in [-0.25, -0.2) is 4.99 Å². The van der Waals surface area contributed by atoms with E-state index in [4.69, 9.17) is 4.74 Å². The summed E-state index contributed by atoms with van der Waals surface area (Å²) in [7, 11) is 0.245. The molecule has 0 amide bonds. The first-order valence-electron chi connectivity index (χ1n) is 7.85.